The molecule has 3 amide bonds. The first-order valence-electron chi connectivity index (χ1n) is 9.51. The van der Waals surface area contributed by atoms with Gasteiger partial charge in [-0.3, -0.25) is 15.0 Å². The number of urea groups is 1. The summed E-state index contributed by atoms with van der Waals surface area (Å²) in [6, 6.07) is 7.68. The molecule has 0 saturated heterocycles. The number of ether oxygens (including phenoxy) is 1. The third-order valence-corrected chi connectivity index (χ3v) is 5.07. The number of amides is 3. The Morgan fingerprint density at radius 1 is 1.27 bits per heavy atom. The summed E-state index contributed by atoms with van der Waals surface area (Å²) >= 11 is 0. The number of hydrogen-bond acceptors (Lipinski definition) is 4. The van der Waals surface area contributed by atoms with Crippen LogP contribution in [0.1, 0.15) is 57.6 Å². The topological polar surface area (TPSA) is 70.7 Å². The molecule has 1 atom stereocenters. The normalized spacial score (nSPS) is 16.2. The van der Waals surface area contributed by atoms with Crippen molar-refractivity contribution in [3.63, 3.8) is 0 Å². The quantitative estimate of drug-likeness (QED) is 0.782. The van der Waals surface area contributed by atoms with Crippen molar-refractivity contribution in [1.82, 2.24) is 15.5 Å². The van der Waals surface area contributed by atoms with Gasteiger partial charge in [0.1, 0.15) is 5.75 Å². The molecule has 1 aromatic carbocycles. The highest BCUT2D eigenvalue weighted by Crippen LogP contribution is 2.23. The number of rotatable bonds is 7. The molecule has 6 heteroatoms. The molecule has 0 bridgehead atoms. The second-order valence-electron chi connectivity index (χ2n) is 6.87. The number of imide groups is 1. The van der Waals surface area contributed by atoms with Crippen molar-refractivity contribution in [2.24, 2.45) is 0 Å². The van der Waals surface area contributed by atoms with E-state index in [-0.39, 0.29) is 30.6 Å². The van der Waals surface area contributed by atoms with Crippen molar-refractivity contribution in [3.8, 4) is 5.75 Å². The third kappa shape index (κ3) is 6.02. The lowest BCUT2D eigenvalue weighted by molar-refractivity contribution is -0.121. The predicted molar refractivity (Wildman–Crippen MR) is 102 cm³/mol. The molecule has 0 aromatic heterocycles. The first kappa shape index (κ1) is 20.2. The molecule has 1 unspecified atom stereocenters. The van der Waals surface area contributed by atoms with E-state index < -0.39 is 0 Å². The van der Waals surface area contributed by atoms with E-state index in [0.717, 1.165) is 37.0 Å². The molecule has 0 heterocycles. The summed E-state index contributed by atoms with van der Waals surface area (Å²) in [6.07, 6.45) is 5.50. The van der Waals surface area contributed by atoms with Crippen LogP contribution >= 0.6 is 0 Å². The van der Waals surface area contributed by atoms with Crippen molar-refractivity contribution < 1.29 is 14.3 Å². The predicted octanol–water partition coefficient (Wildman–Crippen LogP) is 3.24. The van der Waals surface area contributed by atoms with E-state index in [0.29, 0.717) is 6.54 Å². The summed E-state index contributed by atoms with van der Waals surface area (Å²) in [5.41, 5.74) is 1.07. The van der Waals surface area contributed by atoms with Crippen LogP contribution in [0.25, 0.3) is 0 Å². The lowest BCUT2D eigenvalue weighted by atomic mass is 9.96. The van der Waals surface area contributed by atoms with Crippen molar-refractivity contribution in [2.45, 2.75) is 58.0 Å². The van der Waals surface area contributed by atoms with E-state index in [2.05, 4.69) is 10.6 Å². The van der Waals surface area contributed by atoms with Gasteiger partial charge in [-0.1, -0.05) is 38.3 Å². The summed E-state index contributed by atoms with van der Waals surface area (Å²) in [6.45, 7) is 4.93. The van der Waals surface area contributed by atoms with E-state index in [1.54, 1.807) is 7.11 Å². The number of carbonyl (C=O) groups is 2. The summed E-state index contributed by atoms with van der Waals surface area (Å²) < 4.78 is 5.27. The van der Waals surface area contributed by atoms with Gasteiger partial charge >= 0.3 is 6.03 Å². The van der Waals surface area contributed by atoms with Crippen LogP contribution < -0.4 is 15.4 Å². The number of nitrogens with zero attached hydrogens (tertiary/aromatic N) is 1. The molecular weight excluding hydrogens is 330 g/mol. The highest BCUT2D eigenvalue weighted by atomic mass is 16.5. The number of carbonyl (C=O) groups excluding carboxylic acids is 2. The molecule has 26 heavy (non-hydrogen) atoms. The maximum absolute atomic E-state index is 12.3. The molecule has 2 rings (SSSR count). The summed E-state index contributed by atoms with van der Waals surface area (Å²) in [5.74, 6) is 0.511. The molecule has 1 aliphatic rings. The van der Waals surface area contributed by atoms with Gasteiger partial charge in [-0.25, -0.2) is 4.79 Å². The van der Waals surface area contributed by atoms with Gasteiger partial charge in [0.25, 0.3) is 0 Å². The van der Waals surface area contributed by atoms with Crippen LogP contribution in [0, 0.1) is 0 Å². The Hall–Kier alpha value is -2.08. The maximum Gasteiger partial charge on any atom is 0.321 e. The zero-order valence-electron chi connectivity index (χ0n) is 16.1. The first-order valence-corrected chi connectivity index (χ1v) is 9.51. The van der Waals surface area contributed by atoms with Gasteiger partial charge in [0.05, 0.1) is 13.7 Å². The van der Waals surface area contributed by atoms with Gasteiger partial charge in [-0.05, 0) is 44.0 Å². The number of nitrogens with one attached hydrogen (secondary N) is 2. The lowest BCUT2D eigenvalue weighted by Gasteiger charge is -2.28. The summed E-state index contributed by atoms with van der Waals surface area (Å²) in [7, 11) is 1.64. The average molecular weight is 361 g/mol. The van der Waals surface area contributed by atoms with Gasteiger partial charge in [0.15, 0.2) is 0 Å². The minimum atomic E-state index is -0.382. The monoisotopic (exact) mass is 361 g/mol. The third-order valence-electron chi connectivity index (χ3n) is 5.07. The Balaban J connectivity index is 1.87. The highest BCUT2D eigenvalue weighted by molar-refractivity contribution is 5.95. The van der Waals surface area contributed by atoms with E-state index in [1.807, 2.05) is 43.0 Å². The Morgan fingerprint density at radius 3 is 2.65 bits per heavy atom. The minimum Gasteiger partial charge on any atom is -0.497 e. The minimum absolute atomic E-state index is 0.0438. The summed E-state index contributed by atoms with van der Waals surface area (Å²) in [4.78, 5) is 26.3. The van der Waals surface area contributed by atoms with E-state index >= 15 is 0 Å². The van der Waals surface area contributed by atoms with Crippen LogP contribution in [0.3, 0.4) is 0 Å². The maximum atomic E-state index is 12.3. The first-order chi connectivity index (χ1) is 12.5. The van der Waals surface area contributed by atoms with Crippen LogP contribution in [-0.4, -0.2) is 43.1 Å². The fourth-order valence-electron chi connectivity index (χ4n) is 3.45. The van der Waals surface area contributed by atoms with Crippen LogP contribution in [-0.2, 0) is 4.79 Å². The molecular formula is C20H31N3O3. The van der Waals surface area contributed by atoms with Crippen LogP contribution in [0.5, 0.6) is 5.75 Å². The lowest BCUT2D eigenvalue weighted by Crippen LogP contribution is -2.48. The van der Waals surface area contributed by atoms with Crippen molar-refractivity contribution >= 4 is 11.9 Å². The molecule has 2 N–H and O–H groups in total. The molecule has 1 aliphatic carbocycles. The van der Waals surface area contributed by atoms with Crippen molar-refractivity contribution in [2.75, 3.05) is 20.2 Å². The Labute approximate surface area is 156 Å². The Kier molecular flexibility index (Phi) is 7.91. The zero-order chi connectivity index (χ0) is 18.9. The average Bonchev–Trinajstić information content (AvgIpc) is 2.66. The van der Waals surface area contributed by atoms with Crippen molar-refractivity contribution in [1.29, 1.82) is 0 Å². The number of benzene rings is 1. The molecule has 144 valence electrons. The smallest absolute Gasteiger partial charge is 0.321 e. The van der Waals surface area contributed by atoms with Crippen LogP contribution in [0.2, 0.25) is 0 Å². The summed E-state index contributed by atoms with van der Waals surface area (Å²) in [5, 5.41) is 5.38. The van der Waals surface area contributed by atoms with Crippen molar-refractivity contribution in [3.05, 3.63) is 29.8 Å². The molecule has 0 aliphatic heterocycles. The number of methoxy groups -OCH3 is 1. The van der Waals surface area contributed by atoms with E-state index in [1.165, 1.54) is 6.42 Å². The van der Waals surface area contributed by atoms with Gasteiger partial charge in [0.2, 0.25) is 5.91 Å². The van der Waals surface area contributed by atoms with E-state index in [4.69, 9.17) is 4.74 Å². The van der Waals surface area contributed by atoms with Crippen LogP contribution in [0.15, 0.2) is 24.3 Å². The zero-order valence-corrected chi connectivity index (χ0v) is 16.1. The number of likely N-dealkylation sites (N-methyl/N-ethyl adjacent to an activating group) is 1. The SMILES string of the molecule is CCN(CC(=O)NC(=O)NC1CCCCC1)C(C)c1cccc(OC)c1. The molecule has 6 nitrogen and oxygen atoms in total. The number of hydrogen-bond donors (Lipinski definition) is 2. The Bertz CT molecular complexity index is 600. The Morgan fingerprint density at radius 2 is 2.00 bits per heavy atom. The molecule has 1 fully saturated rings. The van der Waals surface area contributed by atoms with Gasteiger partial charge < -0.3 is 10.1 Å². The molecule has 1 saturated carbocycles. The fraction of sp³-hybridized carbons (Fsp3) is 0.600. The van der Waals surface area contributed by atoms with Crippen LogP contribution in [0.4, 0.5) is 4.79 Å². The van der Waals surface area contributed by atoms with Gasteiger partial charge in [0, 0.05) is 12.1 Å². The fourth-order valence-corrected chi connectivity index (χ4v) is 3.45. The molecule has 1 aromatic rings. The standard InChI is InChI=1S/C20H31N3O3/c1-4-23(15(2)16-9-8-12-18(13-16)26-3)14-19(24)22-20(25)21-17-10-6-5-7-11-17/h8-9,12-13,15,17H,4-7,10-11,14H2,1-3H3,(H2,21,22,24,25). The molecule has 0 radical (unpaired) electrons. The van der Waals surface area contributed by atoms with E-state index in [9.17, 15) is 9.59 Å². The highest BCUT2D eigenvalue weighted by Gasteiger charge is 2.20. The van der Waals surface area contributed by atoms with Gasteiger partial charge in [-0.15, -0.1) is 0 Å². The molecule has 0 spiro atoms. The second-order valence-corrected chi connectivity index (χ2v) is 6.87. The largest absolute Gasteiger partial charge is 0.497 e. The van der Waals surface area contributed by atoms with Gasteiger partial charge in [-0.2, -0.15) is 0 Å². The second kappa shape index (κ2) is 10.2.